The molecule has 0 aliphatic carbocycles. The molecule has 1 unspecified atom stereocenters. The smallest absolute Gasteiger partial charge is 0.340 e. The van der Waals surface area contributed by atoms with E-state index >= 15 is 0 Å². The first kappa shape index (κ1) is 7.53. The van der Waals surface area contributed by atoms with Gasteiger partial charge in [-0.3, -0.25) is 10.1 Å². The molecule has 0 saturated heterocycles. The maximum atomic E-state index is 9.71. The van der Waals surface area contributed by atoms with Gasteiger partial charge in [-0.05, 0) is 0 Å². The van der Waals surface area contributed by atoms with Crippen molar-refractivity contribution in [2.75, 3.05) is 12.8 Å². The van der Waals surface area contributed by atoms with E-state index in [-0.39, 0.29) is 12.8 Å². The fourth-order valence-corrected chi connectivity index (χ4v) is 0.448. The maximum absolute atomic E-state index is 9.71. The lowest BCUT2D eigenvalue weighted by Gasteiger charge is -1.85. The van der Waals surface area contributed by atoms with Crippen LogP contribution in [-0.2, 0) is 9.36 Å². The van der Waals surface area contributed by atoms with Crippen molar-refractivity contribution >= 4 is 14.4 Å². The third-order valence-corrected chi connectivity index (χ3v) is 0.868. The first-order valence-electron chi connectivity index (χ1n) is 2.05. The SMILES string of the molecule is O=[PH+]CNCC(=O)O. The van der Waals surface area contributed by atoms with E-state index in [2.05, 4.69) is 5.32 Å². The second kappa shape index (κ2) is 4.68. The van der Waals surface area contributed by atoms with Crippen LogP contribution in [0.1, 0.15) is 0 Å². The molecule has 1 atom stereocenters. The predicted molar refractivity (Wildman–Crippen MR) is 29.5 cm³/mol. The summed E-state index contributed by atoms with van der Waals surface area (Å²) in [6.45, 7) is -0.116. The lowest BCUT2D eigenvalue weighted by molar-refractivity contribution is -0.135. The topological polar surface area (TPSA) is 66.4 Å². The van der Waals surface area contributed by atoms with Gasteiger partial charge in [-0.2, -0.15) is 0 Å². The highest BCUT2D eigenvalue weighted by Gasteiger charge is 1.94. The van der Waals surface area contributed by atoms with Gasteiger partial charge in [0.05, 0.1) is 6.54 Å². The summed E-state index contributed by atoms with van der Waals surface area (Å²) in [6, 6.07) is 0. The molecule has 0 amide bonds. The highest BCUT2D eigenvalue weighted by molar-refractivity contribution is 7.23. The van der Waals surface area contributed by atoms with E-state index in [1.165, 1.54) is 0 Å². The predicted octanol–water partition coefficient (Wildman–Crippen LogP) is -0.358. The Bertz CT molecular complexity index is 94.5. The summed E-state index contributed by atoms with van der Waals surface area (Å²) in [5.74, 6) is -0.928. The average molecular weight is 136 g/mol. The summed E-state index contributed by atoms with van der Waals surface area (Å²) in [5, 5.41) is 10.4. The minimum Gasteiger partial charge on any atom is -0.480 e. The van der Waals surface area contributed by atoms with Gasteiger partial charge in [-0.1, -0.05) is 4.57 Å². The number of carbonyl (C=O) groups is 1. The van der Waals surface area contributed by atoms with Gasteiger partial charge < -0.3 is 5.11 Å². The number of aliphatic carboxylic acids is 1. The number of hydrogen-bond donors (Lipinski definition) is 2. The molecule has 0 aliphatic rings. The molecular weight excluding hydrogens is 129 g/mol. The lowest BCUT2D eigenvalue weighted by atomic mass is 10.7. The van der Waals surface area contributed by atoms with Crippen LogP contribution in [-0.4, -0.2) is 23.9 Å². The van der Waals surface area contributed by atoms with Gasteiger partial charge >= 0.3 is 14.4 Å². The summed E-state index contributed by atoms with van der Waals surface area (Å²) in [5.41, 5.74) is 0. The van der Waals surface area contributed by atoms with Gasteiger partial charge in [0.15, 0.2) is 6.29 Å². The van der Waals surface area contributed by atoms with Crippen molar-refractivity contribution in [3.8, 4) is 0 Å². The zero-order valence-electron chi connectivity index (χ0n) is 4.18. The molecule has 5 heteroatoms. The molecule has 0 aromatic heterocycles. The standard InChI is InChI=1S/C3H6NO3P/c5-3(6)1-4-2-8-7/h4H,1-2H2,(H,5,6)/p+1. The molecule has 0 radical (unpaired) electrons. The normalized spacial score (nSPS) is 9.50. The van der Waals surface area contributed by atoms with Gasteiger partial charge in [-0.15, -0.1) is 0 Å². The van der Waals surface area contributed by atoms with E-state index in [1.807, 2.05) is 0 Å². The number of carboxylic acids is 1. The van der Waals surface area contributed by atoms with Crippen LogP contribution in [0.5, 0.6) is 0 Å². The van der Waals surface area contributed by atoms with Crippen molar-refractivity contribution in [3.05, 3.63) is 0 Å². The van der Waals surface area contributed by atoms with Crippen LogP contribution in [0.3, 0.4) is 0 Å². The Morgan fingerprint density at radius 1 is 1.75 bits per heavy atom. The summed E-state index contributed by atoms with van der Waals surface area (Å²) >= 11 is 0. The Balaban J connectivity index is 2.93. The molecule has 0 fully saturated rings. The highest BCUT2D eigenvalue weighted by Crippen LogP contribution is 1.82. The van der Waals surface area contributed by atoms with Gasteiger partial charge in [-0.25, -0.2) is 0 Å². The van der Waals surface area contributed by atoms with E-state index in [0.29, 0.717) is 0 Å². The molecule has 0 saturated carbocycles. The Kier molecular flexibility index (Phi) is 4.41. The third kappa shape index (κ3) is 5.53. The molecule has 0 heterocycles. The largest absolute Gasteiger partial charge is 0.480 e. The zero-order valence-corrected chi connectivity index (χ0v) is 5.18. The van der Waals surface area contributed by atoms with Crippen LogP contribution in [0.15, 0.2) is 0 Å². The first-order chi connectivity index (χ1) is 3.77. The Morgan fingerprint density at radius 3 is 2.75 bits per heavy atom. The van der Waals surface area contributed by atoms with E-state index in [1.54, 1.807) is 0 Å². The summed E-state index contributed by atoms with van der Waals surface area (Å²) in [6.07, 6.45) is 0.256. The second-order valence-corrected chi connectivity index (χ2v) is 1.78. The molecule has 46 valence electrons. The minimum atomic E-state index is -0.928. The van der Waals surface area contributed by atoms with Crippen LogP contribution in [0.4, 0.5) is 0 Å². The average Bonchev–Trinajstić information content (AvgIpc) is 1.66. The van der Waals surface area contributed by atoms with Gasteiger partial charge in [0, 0.05) is 0 Å². The van der Waals surface area contributed by atoms with Crippen LogP contribution in [0.25, 0.3) is 0 Å². The quantitative estimate of drug-likeness (QED) is 0.409. The van der Waals surface area contributed by atoms with Crippen molar-refractivity contribution in [2.24, 2.45) is 0 Å². The van der Waals surface area contributed by atoms with E-state index < -0.39 is 14.4 Å². The van der Waals surface area contributed by atoms with Crippen molar-refractivity contribution in [2.45, 2.75) is 0 Å². The highest BCUT2D eigenvalue weighted by atomic mass is 31.1. The molecule has 0 spiro atoms. The Labute approximate surface area is 48.1 Å². The van der Waals surface area contributed by atoms with E-state index in [0.717, 1.165) is 0 Å². The summed E-state index contributed by atoms with van der Waals surface area (Å²) in [4.78, 5) is 9.71. The van der Waals surface area contributed by atoms with Gasteiger partial charge in [0.2, 0.25) is 0 Å². The fourth-order valence-electron chi connectivity index (χ4n) is 0.220. The number of carboxylic acid groups (broad SMARTS) is 1. The molecule has 0 aliphatic heterocycles. The van der Waals surface area contributed by atoms with Crippen LogP contribution in [0, 0.1) is 0 Å². The molecular formula is C3H7NO3P+. The maximum Gasteiger partial charge on any atom is 0.340 e. The minimum absolute atomic E-state index is 0.116. The molecule has 0 aromatic rings. The number of nitrogens with one attached hydrogen (secondary N) is 1. The van der Waals surface area contributed by atoms with Crippen LogP contribution in [0.2, 0.25) is 0 Å². The molecule has 0 aromatic carbocycles. The van der Waals surface area contributed by atoms with Crippen molar-refractivity contribution < 1.29 is 14.5 Å². The molecule has 8 heavy (non-hydrogen) atoms. The Hall–Kier alpha value is -0.470. The monoisotopic (exact) mass is 136 g/mol. The molecule has 4 nitrogen and oxygen atoms in total. The van der Waals surface area contributed by atoms with E-state index in [9.17, 15) is 9.36 Å². The van der Waals surface area contributed by atoms with E-state index in [4.69, 9.17) is 5.11 Å². The van der Waals surface area contributed by atoms with Crippen molar-refractivity contribution in [3.63, 3.8) is 0 Å². The molecule has 0 rings (SSSR count). The Morgan fingerprint density at radius 2 is 2.38 bits per heavy atom. The number of hydrogen-bond acceptors (Lipinski definition) is 3. The summed E-state index contributed by atoms with van der Waals surface area (Å²) in [7, 11) is -0.467. The lowest BCUT2D eigenvalue weighted by Crippen LogP contribution is -2.20. The third-order valence-electron chi connectivity index (χ3n) is 0.473. The van der Waals surface area contributed by atoms with Crippen molar-refractivity contribution in [1.29, 1.82) is 0 Å². The second-order valence-electron chi connectivity index (χ2n) is 1.14. The first-order valence-corrected chi connectivity index (χ1v) is 3.16. The zero-order chi connectivity index (χ0) is 6.41. The molecule has 2 N–H and O–H groups in total. The molecule has 0 bridgehead atoms. The van der Waals surface area contributed by atoms with Crippen LogP contribution < -0.4 is 5.32 Å². The van der Waals surface area contributed by atoms with Crippen LogP contribution >= 0.6 is 8.46 Å². The van der Waals surface area contributed by atoms with Crippen molar-refractivity contribution in [1.82, 2.24) is 5.32 Å². The summed E-state index contributed by atoms with van der Waals surface area (Å²) < 4.78 is 9.68. The number of rotatable bonds is 4. The fraction of sp³-hybridized carbons (Fsp3) is 0.667. The van der Waals surface area contributed by atoms with Gasteiger partial charge in [0.1, 0.15) is 0 Å². The van der Waals surface area contributed by atoms with Gasteiger partial charge in [0.25, 0.3) is 0 Å².